The van der Waals surface area contributed by atoms with Gasteiger partial charge in [-0.3, -0.25) is 19.5 Å². The predicted octanol–water partition coefficient (Wildman–Crippen LogP) is 6.33. The lowest BCUT2D eigenvalue weighted by atomic mass is 9.95. The maximum atomic E-state index is 13.8. The average Bonchev–Trinajstić information content (AvgIpc) is 3.76. The zero-order valence-electron chi connectivity index (χ0n) is 27.9. The first-order valence-electron chi connectivity index (χ1n) is 16.9. The van der Waals surface area contributed by atoms with E-state index in [0.717, 1.165) is 35.4 Å². The number of aliphatic imine (C=N–C) groups is 1. The summed E-state index contributed by atoms with van der Waals surface area (Å²) in [5.41, 5.74) is 3.96. The van der Waals surface area contributed by atoms with Crippen LogP contribution in [0.15, 0.2) is 120 Å². The van der Waals surface area contributed by atoms with E-state index in [1.54, 1.807) is 19.1 Å². The number of nitrogens with zero attached hydrogens (tertiary/aromatic N) is 3. The Kier molecular flexibility index (Phi) is 10.8. The molecular formula is C40H40N4O6. The Morgan fingerprint density at radius 3 is 2.24 bits per heavy atom. The Balaban J connectivity index is 1.27. The maximum Gasteiger partial charge on any atom is 0.417 e. The molecule has 2 N–H and O–H groups in total. The maximum absolute atomic E-state index is 13.8. The van der Waals surface area contributed by atoms with Crippen molar-refractivity contribution in [3.63, 3.8) is 0 Å². The fraction of sp³-hybridized carbons (Fsp3) is 0.275. The molecule has 256 valence electrons. The van der Waals surface area contributed by atoms with Crippen molar-refractivity contribution >= 4 is 35.3 Å². The molecule has 0 aromatic heterocycles. The molecule has 2 fully saturated rings. The number of nitrogens with one attached hydrogen (secondary N) is 1. The van der Waals surface area contributed by atoms with E-state index >= 15 is 0 Å². The van der Waals surface area contributed by atoms with Crippen molar-refractivity contribution in [2.75, 3.05) is 18.5 Å². The summed E-state index contributed by atoms with van der Waals surface area (Å²) < 4.78 is 5.23. The molecule has 0 radical (unpaired) electrons. The second-order valence-corrected chi connectivity index (χ2v) is 12.7. The number of carbonyl (C=O) groups excluding carboxylic acids is 3. The van der Waals surface area contributed by atoms with Crippen LogP contribution >= 0.6 is 0 Å². The van der Waals surface area contributed by atoms with Gasteiger partial charge in [-0.25, -0.2) is 14.5 Å². The van der Waals surface area contributed by atoms with E-state index < -0.39 is 36.0 Å². The number of imide groups is 1. The third-order valence-electron chi connectivity index (χ3n) is 9.26. The minimum atomic E-state index is -1.34. The Morgan fingerprint density at radius 1 is 0.900 bits per heavy atom. The van der Waals surface area contributed by atoms with Crippen LogP contribution in [0.25, 0.3) is 0 Å². The molecule has 50 heavy (non-hydrogen) atoms. The van der Waals surface area contributed by atoms with Gasteiger partial charge in [0.25, 0.3) is 0 Å². The summed E-state index contributed by atoms with van der Waals surface area (Å²) in [5, 5.41) is 13.6. The molecule has 6 rings (SSSR count). The lowest BCUT2D eigenvalue weighted by molar-refractivity contribution is -0.140. The molecule has 3 amide bonds. The first kappa shape index (κ1) is 34.3. The molecule has 0 aliphatic carbocycles. The minimum Gasteiger partial charge on any atom is -0.480 e. The van der Waals surface area contributed by atoms with Crippen LogP contribution in [0, 0.1) is 5.92 Å². The number of hydrogen-bond donors (Lipinski definition) is 2. The smallest absolute Gasteiger partial charge is 0.417 e. The van der Waals surface area contributed by atoms with Gasteiger partial charge in [0, 0.05) is 24.1 Å². The largest absolute Gasteiger partial charge is 0.480 e. The standard InChI is InChI=1S/C40H40N4O6/c1-27(24-35(45)44-34(26-50-40(44)49)29-16-7-3-8-17-29)36(39(47)48)42-37(30-18-9-4-10-19-30)31-20-11-12-21-32(31)41-38(46)33-22-13-23-43(33)25-28-14-5-2-6-15-28/h2-12,14-21,27,33-34,36H,13,22-26H2,1H3,(H,41,46)(H,47,48)/t27-,33+,34+,36-/m1/s1. The Bertz CT molecular complexity index is 1850. The summed E-state index contributed by atoms with van der Waals surface area (Å²) in [6, 6.07) is 33.3. The number of cyclic esters (lactones) is 1. The van der Waals surface area contributed by atoms with Gasteiger partial charge in [0.1, 0.15) is 12.6 Å². The number of amides is 3. The molecule has 0 saturated carbocycles. The van der Waals surface area contributed by atoms with E-state index in [1.165, 1.54) is 0 Å². The number of aliphatic carboxylic acids is 1. The fourth-order valence-electron chi connectivity index (χ4n) is 6.71. The first-order chi connectivity index (χ1) is 24.3. The number of hydrogen-bond acceptors (Lipinski definition) is 7. The number of para-hydroxylation sites is 1. The van der Waals surface area contributed by atoms with Gasteiger partial charge in [-0.15, -0.1) is 0 Å². The van der Waals surface area contributed by atoms with Gasteiger partial charge in [-0.05, 0) is 42.5 Å². The van der Waals surface area contributed by atoms with E-state index in [2.05, 4.69) is 22.3 Å². The molecule has 2 heterocycles. The summed E-state index contributed by atoms with van der Waals surface area (Å²) in [7, 11) is 0. The van der Waals surface area contributed by atoms with Crippen LogP contribution in [0.1, 0.15) is 54.5 Å². The van der Waals surface area contributed by atoms with Gasteiger partial charge < -0.3 is 15.2 Å². The molecule has 4 aromatic carbocycles. The summed E-state index contributed by atoms with van der Waals surface area (Å²) in [5.74, 6) is -2.69. The summed E-state index contributed by atoms with van der Waals surface area (Å²) in [6.45, 7) is 3.13. The number of anilines is 1. The van der Waals surface area contributed by atoms with E-state index in [4.69, 9.17) is 9.73 Å². The van der Waals surface area contributed by atoms with Crippen molar-refractivity contribution in [2.45, 2.75) is 50.9 Å². The van der Waals surface area contributed by atoms with Gasteiger partial charge in [-0.2, -0.15) is 0 Å². The zero-order valence-corrected chi connectivity index (χ0v) is 27.9. The minimum absolute atomic E-state index is 0.0228. The van der Waals surface area contributed by atoms with Gasteiger partial charge in [0.15, 0.2) is 6.04 Å². The van der Waals surface area contributed by atoms with Crippen molar-refractivity contribution in [1.29, 1.82) is 0 Å². The second-order valence-electron chi connectivity index (χ2n) is 12.7. The Labute approximate surface area is 291 Å². The molecule has 0 spiro atoms. The van der Waals surface area contributed by atoms with Crippen LogP contribution < -0.4 is 5.32 Å². The highest BCUT2D eigenvalue weighted by Gasteiger charge is 2.40. The quantitative estimate of drug-likeness (QED) is 0.169. The van der Waals surface area contributed by atoms with Crippen LogP contribution in [-0.2, 0) is 25.7 Å². The summed E-state index contributed by atoms with van der Waals surface area (Å²) >= 11 is 0. The fourth-order valence-corrected chi connectivity index (χ4v) is 6.71. The van der Waals surface area contributed by atoms with Crippen molar-refractivity contribution in [1.82, 2.24) is 9.80 Å². The molecule has 0 bridgehead atoms. The number of carbonyl (C=O) groups is 4. The molecule has 10 heteroatoms. The highest BCUT2D eigenvalue weighted by Crippen LogP contribution is 2.31. The lowest BCUT2D eigenvalue weighted by Crippen LogP contribution is -2.39. The molecule has 2 aliphatic heterocycles. The van der Waals surface area contributed by atoms with Gasteiger partial charge in [0.05, 0.1) is 17.4 Å². The SMILES string of the molecule is C[C@H](CC(=O)N1C(=O)OC[C@H]1c1ccccc1)[C@@H](N=C(c1ccccc1)c1ccccc1NC(=O)[C@@H]1CCCN1Cc1ccccc1)C(=O)O. The highest BCUT2D eigenvalue weighted by atomic mass is 16.6. The first-order valence-corrected chi connectivity index (χ1v) is 16.9. The molecule has 2 aliphatic rings. The molecule has 0 unspecified atom stereocenters. The van der Waals surface area contributed by atoms with Gasteiger partial charge in [-0.1, -0.05) is 116 Å². The second kappa shape index (κ2) is 15.7. The topological polar surface area (TPSA) is 129 Å². The molecule has 10 nitrogen and oxygen atoms in total. The third kappa shape index (κ3) is 7.82. The van der Waals surface area contributed by atoms with E-state index in [1.807, 2.05) is 91.0 Å². The van der Waals surface area contributed by atoms with Crippen molar-refractivity contribution < 1.29 is 29.0 Å². The molecular weight excluding hydrogens is 632 g/mol. The monoisotopic (exact) mass is 672 g/mol. The number of benzene rings is 4. The zero-order chi connectivity index (χ0) is 35.0. The summed E-state index contributed by atoms with van der Waals surface area (Å²) in [4.78, 5) is 60.9. The van der Waals surface area contributed by atoms with Crippen LogP contribution in [0.4, 0.5) is 10.5 Å². The van der Waals surface area contributed by atoms with Crippen molar-refractivity contribution in [2.24, 2.45) is 10.9 Å². The van der Waals surface area contributed by atoms with Crippen LogP contribution in [-0.4, -0.2) is 69.7 Å². The summed E-state index contributed by atoms with van der Waals surface area (Å²) in [6.07, 6.45) is 0.619. The highest BCUT2D eigenvalue weighted by molar-refractivity contribution is 6.17. The Hall–Kier alpha value is -5.61. The lowest BCUT2D eigenvalue weighted by Gasteiger charge is -2.25. The van der Waals surface area contributed by atoms with Crippen molar-refractivity contribution in [3.05, 3.63) is 138 Å². The van der Waals surface area contributed by atoms with Gasteiger partial charge >= 0.3 is 12.1 Å². The van der Waals surface area contributed by atoms with Crippen LogP contribution in [0.5, 0.6) is 0 Å². The number of rotatable bonds is 12. The van der Waals surface area contributed by atoms with Crippen LogP contribution in [0.2, 0.25) is 0 Å². The number of ether oxygens (including phenoxy) is 1. The molecule has 2 saturated heterocycles. The molecule has 4 atom stereocenters. The number of carboxylic acid groups (broad SMARTS) is 1. The van der Waals surface area contributed by atoms with E-state index in [0.29, 0.717) is 29.1 Å². The van der Waals surface area contributed by atoms with Crippen LogP contribution in [0.3, 0.4) is 0 Å². The van der Waals surface area contributed by atoms with E-state index in [9.17, 15) is 24.3 Å². The normalized spacial score (nSPS) is 19.1. The number of carboxylic acids is 1. The Morgan fingerprint density at radius 2 is 1.54 bits per heavy atom. The van der Waals surface area contributed by atoms with Crippen molar-refractivity contribution in [3.8, 4) is 0 Å². The van der Waals surface area contributed by atoms with E-state index in [-0.39, 0.29) is 25.0 Å². The predicted molar refractivity (Wildman–Crippen MR) is 190 cm³/mol. The number of likely N-dealkylation sites (tertiary alicyclic amines) is 1. The average molecular weight is 673 g/mol. The third-order valence-corrected chi connectivity index (χ3v) is 9.26. The van der Waals surface area contributed by atoms with Gasteiger partial charge in [0.2, 0.25) is 11.8 Å². The molecule has 4 aromatic rings.